The lowest BCUT2D eigenvalue weighted by Gasteiger charge is -2.56. The number of rotatable bonds is 4. The van der Waals surface area contributed by atoms with Crippen LogP contribution in [0.2, 0.25) is 0 Å². The van der Waals surface area contributed by atoms with E-state index in [9.17, 15) is 9.90 Å². The summed E-state index contributed by atoms with van der Waals surface area (Å²) in [4.78, 5) is 14.5. The number of hydrogen-bond acceptors (Lipinski definition) is 4. The van der Waals surface area contributed by atoms with Gasteiger partial charge < -0.3 is 5.11 Å². The van der Waals surface area contributed by atoms with Gasteiger partial charge in [-0.25, -0.2) is 0 Å². The van der Waals surface area contributed by atoms with Crippen LogP contribution in [-0.2, 0) is 11.3 Å². The second kappa shape index (κ2) is 7.65. The van der Waals surface area contributed by atoms with Crippen LogP contribution in [0.3, 0.4) is 0 Å². The molecule has 0 amide bonds. The average molecular weight is 431 g/mol. The number of carbonyl (C=O) groups is 1. The zero-order valence-corrected chi connectivity index (χ0v) is 19.7. The van der Waals surface area contributed by atoms with Crippen molar-refractivity contribution in [3.8, 4) is 0 Å². The summed E-state index contributed by atoms with van der Waals surface area (Å²) < 4.78 is 1.84. The highest BCUT2D eigenvalue weighted by molar-refractivity contribution is 7.98. The maximum Gasteiger partial charge on any atom is 0.157 e. The number of thioether (sulfide) groups is 1. The van der Waals surface area contributed by atoms with E-state index >= 15 is 0 Å². The number of aromatic nitrogens is 2. The van der Waals surface area contributed by atoms with E-state index in [0.717, 1.165) is 47.8 Å². The van der Waals surface area contributed by atoms with Crippen LogP contribution in [0.25, 0.3) is 0 Å². The Hall–Kier alpha value is -0.810. The Morgan fingerprint density at radius 1 is 1.13 bits per heavy atom. The second-order valence-corrected chi connectivity index (χ2v) is 12.3. The van der Waals surface area contributed by atoms with Gasteiger partial charge in [0.05, 0.1) is 18.3 Å². The van der Waals surface area contributed by atoms with Gasteiger partial charge >= 0.3 is 0 Å². The Kier molecular flexibility index (Phi) is 5.37. The molecule has 5 heteroatoms. The predicted molar refractivity (Wildman–Crippen MR) is 120 cm³/mol. The smallest absolute Gasteiger partial charge is 0.157 e. The van der Waals surface area contributed by atoms with Crippen molar-refractivity contribution in [1.82, 2.24) is 9.78 Å². The number of ketones is 1. The number of nitrogens with zero attached hydrogens (tertiary/aromatic N) is 2. The Balaban J connectivity index is 1.30. The SMILES string of the molecule is CSc1cnn(CC(=O)C2CCC3C4CCC5CC(C)(O)CCC5C4CCC23C)c1. The number of hydrogen-bond donors (Lipinski definition) is 1. The van der Waals surface area contributed by atoms with Crippen LogP contribution >= 0.6 is 11.8 Å². The molecule has 166 valence electrons. The molecule has 0 saturated heterocycles. The maximum absolute atomic E-state index is 13.3. The van der Waals surface area contributed by atoms with Gasteiger partial charge in [0.25, 0.3) is 0 Å². The summed E-state index contributed by atoms with van der Waals surface area (Å²) in [7, 11) is 0. The van der Waals surface area contributed by atoms with Gasteiger partial charge in [-0.05, 0) is 106 Å². The molecule has 4 saturated carbocycles. The topological polar surface area (TPSA) is 55.1 Å². The van der Waals surface area contributed by atoms with Crippen molar-refractivity contribution in [2.75, 3.05) is 6.26 Å². The van der Waals surface area contributed by atoms with Crippen molar-refractivity contribution < 1.29 is 9.90 Å². The van der Waals surface area contributed by atoms with Gasteiger partial charge in [0.15, 0.2) is 5.78 Å². The first-order valence-electron chi connectivity index (χ1n) is 12.1. The number of carbonyl (C=O) groups excluding carboxylic acids is 1. The van der Waals surface area contributed by atoms with Crippen LogP contribution in [0.4, 0.5) is 0 Å². The van der Waals surface area contributed by atoms with E-state index in [2.05, 4.69) is 12.0 Å². The van der Waals surface area contributed by atoms with Crippen LogP contribution in [-0.4, -0.2) is 32.5 Å². The van der Waals surface area contributed by atoms with E-state index in [0.29, 0.717) is 18.2 Å². The minimum Gasteiger partial charge on any atom is -0.390 e. The molecule has 0 bridgehead atoms. The second-order valence-electron chi connectivity index (χ2n) is 11.4. The molecule has 1 aromatic rings. The first kappa shape index (κ1) is 21.1. The van der Waals surface area contributed by atoms with Gasteiger partial charge in [-0.1, -0.05) is 6.92 Å². The van der Waals surface area contributed by atoms with Crippen LogP contribution < -0.4 is 0 Å². The highest BCUT2D eigenvalue weighted by Crippen LogP contribution is 2.64. The zero-order valence-electron chi connectivity index (χ0n) is 18.8. The Morgan fingerprint density at radius 2 is 1.93 bits per heavy atom. The fraction of sp³-hybridized carbons (Fsp3) is 0.840. The Bertz CT molecular complexity index is 805. The summed E-state index contributed by atoms with van der Waals surface area (Å²) >= 11 is 1.68. The standard InChI is InChI=1S/C25H38N2O2S/c1-24(29)10-8-18-16(12-24)4-5-20-19(18)9-11-25(2)21(20)6-7-22(25)23(28)15-27-14-17(30-3)13-26-27/h13-14,16,18-22,29H,4-12,15H2,1-3H3. The van der Waals surface area contributed by atoms with Crippen molar-refractivity contribution in [1.29, 1.82) is 0 Å². The van der Waals surface area contributed by atoms with Gasteiger partial charge in [-0.3, -0.25) is 9.48 Å². The third kappa shape index (κ3) is 3.48. The molecule has 1 N–H and O–H groups in total. The molecule has 8 atom stereocenters. The first-order valence-corrected chi connectivity index (χ1v) is 13.3. The van der Waals surface area contributed by atoms with Gasteiger partial charge in [0.1, 0.15) is 0 Å². The van der Waals surface area contributed by atoms with Gasteiger partial charge in [0, 0.05) is 17.0 Å². The highest BCUT2D eigenvalue weighted by Gasteiger charge is 2.58. The lowest BCUT2D eigenvalue weighted by molar-refractivity contribution is -0.133. The molecule has 0 aromatic carbocycles. The van der Waals surface area contributed by atoms with Crippen molar-refractivity contribution in [3.63, 3.8) is 0 Å². The number of aliphatic hydroxyl groups is 1. The van der Waals surface area contributed by atoms with Crippen molar-refractivity contribution in [3.05, 3.63) is 12.4 Å². The minimum atomic E-state index is -0.440. The Morgan fingerprint density at radius 3 is 2.70 bits per heavy atom. The third-order valence-electron chi connectivity index (χ3n) is 9.79. The van der Waals surface area contributed by atoms with Crippen LogP contribution in [0.15, 0.2) is 17.3 Å². The molecule has 5 rings (SSSR count). The van der Waals surface area contributed by atoms with E-state index in [1.165, 1.54) is 38.5 Å². The van der Waals surface area contributed by atoms with Crippen molar-refractivity contribution in [2.45, 2.75) is 88.7 Å². The number of Topliss-reactive ketones (excluding diaryl/α,β-unsaturated/α-hetero) is 1. The monoisotopic (exact) mass is 430 g/mol. The molecule has 1 heterocycles. The normalized spacial score (nSPS) is 45.5. The first-order chi connectivity index (χ1) is 14.3. The minimum absolute atomic E-state index is 0.181. The lowest BCUT2D eigenvalue weighted by atomic mass is 9.49. The lowest BCUT2D eigenvalue weighted by Crippen LogP contribution is -2.51. The number of fused-ring (bicyclic) bond motifs is 5. The molecule has 1 aromatic heterocycles. The van der Waals surface area contributed by atoms with E-state index in [1.54, 1.807) is 11.8 Å². The molecule has 0 aliphatic heterocycles. The fourth-order valence-corrected chi connectivity index (χ4v) is 8.80. The molecule has 0 spiro atoms. The summed E-state index contributed by atoms with van der Waals surface area (Å²) in [6.07, 6.45) is 16.5. The average Bonchev–Trinajstić information content (AvgIpc) is 3.30. The van der Waals surface area contributed by atoms with Gasteiger partial charge in [-0.2, -0.15) is 5.10 Å². The fourth-order valence-electron chi connectivity index (χ4n) is 8.42. The summed E-state index contributed by atoms with van der Waals surface area (Å²) in [6, 6.07) is 0. The highest BCUT2D eigenvalue weighted by atomic mass is 32.2. The summed E-state index contributed by atoms with van der Waals surface area (Å²) in [6.45, 7) is 4.92. The van der Waals surface area contributed by atoms with E-state index in [4.69, 9.17) is 0 Å². The molecule has 4 fully saturated rings. The quantitative estimate of drug-likeness (QED) is 0.668. The summed E-state index contributed by atoms with van der Waals surface area (Å²) in [5.41, 5.74) is -0.258. The van der Waals surface area contributed by atoms with Crippen molar-refractivity contribution in [2.24, 2.45) is 40.9 Å². The van der Waals surface area contributed by atoms with E-state index in [1.807, 2.05) is 30.3 Å². The van der Waals surface area contributed by atoms with Gasteiger partial charge in [-0.15, -0.1) is 11.8 Å². The largest absolute Gasteiger partial charge is 0.390 e. The molecular formula is C25H38N2O2S. The molecule has 30 heavy (non-hydrogen) atoms. The van der Waals surface area contributed by atoms with Crippen LogP contribution in [0, 0.1) is 40.9 Å². The molecule has 4 aliphatic rings. The third-order valence-corrected chi connectivity index (χ3v) is 10.5. The maximum atomic E-state index is 13.3. The molecule has 8 unspecified atom stereocenters. The Labute approximate surface area is 185 Å². The van der Waals surface area contributed by atoms with Crippen molar-refractivity contribution >= 4 is 17.5 Å². The van der Waals surface area contributed by atoms with Crippen LogP contribution in [0.5, 0.6) is 0 Å². The predicted octanol–water partition coefficient (Wildman–Crippen LogP) is 5.19. The molecule has 0 radical (unpaired) electrons. The summed E-state index contributed by atoms with van der Waals surface area (Å²) in [5, 5.41) is 15.0. The summed E-state index contributed by atoms with van der Waals surface area (Å²) in [5.74, 6) is 4.50. The zero-order chi connectivity index (χ0) is 21.1. The van der Waals surface area contributed by atoms with Gasteiger partial charge in [0.2, 0.25) is 0 Å². The van der Waals surface area contributed by atoms with E-state index < -0.39 is 5.60 Å². The molecule has 4 nitrogen and oxygen atoms in total. The van der Waals surface area contributed by atoms with Crippen LogP contribution in [0.1, 0.15) is 71.6 Å². The van der Waals surface area contributed by atoms with E-state index in [-0.39, 0.29) is 11.3 Å². The molecular weight excluding hydrogens is 392 g/mol. The molecule has 4 aliphatic carbocycles.